The quantitative estimate of drug-likeness (QED) is 0.854. The van der Waals surface area contributed by atoms with Crippen molar-refractivity contribution in [3.8, 4) is 0 Å². The Bertz CT molecular complexity index is 589. The number of methoxy groups -OCH3 is 1. The molecule has 0 radical (unpaired) electrons. The van der Waals surface area contributed by atoms with Crippen molar-refractivity contribution in [3.63, 3.8) is 0 Å². The molecule has 0 amide bonds. The molecule has 1 heterocycles. The molecule has 1 aromatic carbocycles. The van der Waals surface area contributed by atoms with E-state index in [2.05, 4.69) is 15.3 Å². The molecule has 0 saturated carbocycles. The molecule has 5 nitrogen and oxygen atoms in total. The molecule has 0 aliphatic carbocycles. The number of aromatic nitrogens is 2. The third kappa shape index (κ3) is 4.68. The van der Waals surface area contributed by atoms with Crippen molar-refractivity contribution in [1.29, 1.82) is 0 Å². The summed E-state index contributed by atoms with van der Waals surface area (Å²) < 4.78 is 17.9. The van der Waals surface area contributed by atoms with Crippen molar-refractivity contribution in [1.82, 2.24) is 9.97 Å². The largest absolute Gasteiger partial charge is 0.384 e. The Balaban J connectivity index is 2.01. The van der Waals surface area contributed by atoms with Crippen LogP contribution in [0.15, 0.2) is 30.3 Å². The maximum atomic E-state index is 12.9. The summed E-state index contributed by atoms with van der Waals surface area (Å²) in [6.07, 6.45) is 0.754. The maximum Gasteiger partial charge on any atom is 0.158 e. The summed E-state index contributed by atoms with van der Waals surface area (Å²) in [5.41, 5.74) is 6.80. The number of nitrogen functional groups attached to an aromatic ring is 1. The Morgan fingerprint density at radius 3 is 2.67 bits per heavy atom. The number of halogens is 1. The van der Waals surface area contributed by atoms with Gasteiger partial charge in [0.15, 0.2) is 5.82 Å². The van der Waals surface area contributed by atoms with E-state index in [9.17, 15) is 4.39 Å². The van der Waals surface area contributed by atoms with Crippen LogP contribution in [0, 0.1) is 5.82 Å². The Labute approximate surface area is 123 Å². The predicted octanol–water partition coefficient (Wildman–Crippen LogP) is 2.39. The molecule has 0 bridgehead atoms. The molecule has 0 saturated heterocycles. The van der Waals surface area contributed by atoms with Crippen LogP contribution in [-0.4, -0.2) is 23.1 Å². The topological polar surface area (TPSA) is 73.1 Å². The van der Waals surface area contributed by atoms with Gasteiger partial charge in [-0.15, -0.1) is 0 Å². The van der Waals surface area contributed by atoms with Crippen LogP contribution in [0.4, 0.5) is 16.0 Å². The number of nitrogens with one attached hydrogen (secondary N) is 1. The van der Waals surface area contributed by atoms with Gasteiger partial charge < -0.3 is 15.8 Å². The summed E-state index contributed by atoms with van der Waals surface area (Å²) in [6, 6.07) is 8.28. The summed E-state index contributed by atoms with van der Waals surface area (Å²) in [5, 5.41) is 3.26. The summed E-state index contributed by atoms with van der Waals surface area (Å²) in [6.45, 7) is 2.34. The third-order valence-electron chi connectivity index (χ3n) is 2.92. The van der Waals surface area contributed by atoms with Crippen molar-refractivity contribution in [2.75, 3.05) is 18.2 Å². The third-order valence-corrected chi connectivity index (χ3v) is 2.92. The first kappa shape index (κ1) is 15.2. The second-order valence-corrected chi connectivity index (χ2v) is 4.90. The maximum absolute atomic E-state index is 12.9. The first-order valence-electron chi connectivity index (χ1n) is 6.70. The van der Waals surface area contributed by atoms with Crippen LogP contribution in [0.2, 0.25) is 0 Å². The lowest BCUT2D eigenvalue weighted by molar-refractivity contribution is 0.178. The average molecular weight is 290 g/mol. The second-order valence-electron chi connectivity index (χ2n) is 4.90. The number of hydrogen-bond donors (Lipinski definition) is 2. The van der Waals surface area contributed by atoms with Gasteiger partial charge in [0.1, 0.15) is 24.1 Å². The van der Waals surface area contributed by atoms with E-state index < -0.39 is 0 Å². The van der Waals surface area contributed by atoms with Crippen LogP contribution in [0.5, 0.6) is 0 Å². The zero-order valence-electron chi connectivity index (χ0n) is 12.1. The van der Waals surface area contributed by atoms with Gasteiger partial charge in [0, 0.05) is 19.2 Å². The molecule has 3 N–H and O–H groups in total. The fraction of sp³-hybridized carbons (Fsp3) is 0.333. The fourth-order valence-corrected chi connectivity index (χ4v) is 2.06. The lowest BCUT2D eigenvalue weighted by atomic mass is 10.1. The van der Waals surface area contributed by atoms with Gasteiger partial charge in [-0.05, 0) is 31.0 Å². The van der Waals surface area contributed by atoms with Crippen LogP contribution in [0.3, 0.4) is 0 Å². The van der Waals surface area contributed by atoms with Crippen molar-refractivity contribution in [3.05, 3.63) is 47.5 Å². The zero-order valence-corrected chi connectivity index (χ0v) is 12.1. The molecule has 1 unspecified atom stereocenters. The van der Waals surface area contributed by atoms with E-state index in [0.29, 0.717) is 24.1 Å². The molecular formula is C15H19FN4O. The molecule has 1 atom stereocenters. The number of anilines is 2. The van der Waals surface area contributed by atoms with Gasteiger partial charge in [0.2, 0.25) is 0 Å². The van der Waals surface area contributed by atoms with E-state index in [1.54, 1.807) is 25.3 Å². The predicted molar refractivity (Wildman–Crippen MR) is 80.3 cm³/mol. The number of rotatable bonds is 6. The van der Waals surface area contributed by atoms with E-state index in [4.69, 9.17) is 10.5 Å². The smallest absolute Gasteiger partial charge is 0.158 e. The molecule has 0 aliphatic rings. The monoisotopic (exact) mass is 290 g/mol. The summed E-state index contributed by atoms with van der Waals surface area (Å²) in [7, 11) is 1.58. The van der Waals surface area contributed by atoms with Crippen molar-refractivity contribution >= 4 is 11.6 Å². The van der Waals surface area contributed by atoms with Gasteiger partial charge in [-0.3, -0.25) is 0 Å². The number of hydrogen-bond acceptors (Lipinski definition) is 5. The van der Waals surface area contributed by atoms with E-state index in [1.165, 1.54) is 12.1 Å². The second kappa shape index (κ2) is 6.99. The van der Waals surface area contributed by atoms with Crippen LogP contribution >= 0.6 is 0 Å². The SMILES string of the molecule is COCc1nc(N)cc(NC(C)Cc2ccc(F)cc2)n1. The Morgan fingerprint density at radius 2 is 2.00 bits per heavy atom. The Hall–Kier alpha value is -2.21. The van der Waals surface area contributed by atoms with E-state index in [-0.39, 0.29) is 11.9 Å². The fourth-order valence-electron chi connectivity index (χ4n) is 2.06. The minimum Gasteiger partial charge on any atom is -0.384 e. The molecule has 112 valence electrons. The van der Waals surface area contributed by atoms with Crippen molar-refractivity contribution in [2.24, 2.45) is 0 Å². The van der Waals surface area contributed by atoms with Crippen molar-refractivity contribution < 1.29 is 9.13 Å². The van der Waals surface area contributed by atoms with Crippen LogP contribution in [0.25, 0.3) is 0 Å². The number of nitrogens with two attached hydrogens (primary N) is 1. The highest BCUT2D eigenvalue weighted by Crippen LogP contribution is 2.13. The lowest BCUT2D eigenvalue weighted by Gasteiger charge is -2.15. The van der Waals surface area contributed by atoms with Crippen LogP contribution in [-0.2, 0) is 17.8 Å². The highest BCUT2D eigenvalue weighted by Gasteiger charge is 2.07. The summed E-state index contributed by atoms with van der Waals surface area (Å²) in [4.78, 5) is 8.42. The normalized spacial score (nSPS) is 12.1. The number of nitrogens with zero attached hydrogens (tertiary/aromatic N) is 2. The minimum absolute atomic E-state index is 0.125. The summed E-state index contributed by atoms with van der Waals surface area (Å²) >= 11 is 0. The molecule has 0 spiro atoms. The molecule has 2 rings (SSSR count). The lowest BCUT2D eigenvalue weighted by Crippen LogP contribution is -2.19. The van der Waals surface area contributed by atoms with Gasteiger partial charge in [0.05, 0.1) is 0 Å². The van der Waals surface area contributed by atoms with E-state index >= 15 is 0 Å². The van der Waals surface area contributed by atoms with E-state index in [1.807, 2.05) is 6.92 Å². The molecule has 21 heavy (non-hydrogen) atoms. The first-order valence-corrected chi connectivity index (χ1v) is 6.70. The summed E-state index contributed by atoms with van der Waals surface area (Å²) in [5.74, 6) is 1.36. The van der Waals surface area contributed by atoms with Crippen LogP contribution in [0.1, 0.15) is 18.3 Å². The minimum atomic E-state index is -0.229. The highest BCUT2D eigenvalue weighted by molar-refractivity contribution is 5.45. The van der Waals surface area contributed by atoms with Gasteiger partial charge >= 0.3 is 0 Å². The van der Waals surface area contributed by atoms with Crippen LogP contribution < -0.4 is 11.1 Å². The molecular weight excluding hydrogens is 271 g/mol. The van der Waals surface area contributed by atoms with Gasteiger partial charge in [-0.2, -0.15) is 0 Å². The number of ether oxygens (including phenoxy) is 1. The average Bonchev–Trinajstić information content (AvgIpc) is 2.41. The Kier molecular flexibility index (Phi) is 5.05. The zero-order chi connectivity index (χ0) is 15.2. The van der Waals surface area contributed by atoms with Gasteiger partial charge in [-0.1, -0.05) is 12.1 Å². The molecule has 6 heteroatoms. The molecule has 0 aliphatic heterocycles. The van der Waals surface area contributed by atoms with E-state index in [0.717, 1.165) is 12.0 Å². The molecule has 0 fully saturated rings. The Morgan fingerprint density at radius 1 is 1.29 bits per heavy atom. The number of benzene rings is 1. The standard InChI is InChI=1S/C15H19FN4O/c1-10(7-11-3-5-12(16)6-4-11)18-14-8-13(17)19-15(20-14)9-21-2/h3-6,8,10H,7,9H2,1-2H3,(H3,17,18,19,20). The molecule has 2 aromatic rings. The first-order chi connectivity index (χ1) is 10.1. The molecule has 1 aromatic heterocycles. The highest BCUT2D eigenvalue weighted by atomic mass is 19.1. The van der Waals surface area contributed by atoms with Gasteiger partial charge in [-0.25, -0.2) is 14.4 Å². The van der Waals surface area contributed by atoms with Gasteiger partial charge in [0.25, 0.3) is 0 Å². The van der Waals surface area contributed by atoms with Crippen molar-refractivity contribution in [2.45, 2.75) is 26.0 Å².